The second-order valence-corrected chi connectivity index (χ2v) is 8.72. The van der Waals surface area contributed by atoms with Crippen LogP contribution in [-0.2, 0) is 4.74 Å². The number of hydrogen-bond acceptors (Lipinski definition) is 5. The van der Waals surface area contributed by atoms with Crippen LogP contribution in [0.1, 0.15) is 64.5 Å². The van der Waals surface area contributed by atoms with Gasteiger partial charge >= 0.3 is 6.09 Å². The summed E-state index contributed by atoms with van der Waals surface area (Å²) in [5.41, 5.74) is 0.360. The molecule has 2 heterocycles. The van der Waals surface area contributed by atoms with Crippen LogP contribution in [0, 0.1) is 5.92 Å². The van der Waals surface area contributed by atoms with Gasteiger partial charge in [-0.05, 0) is 51.2 Å². The molecule has 2 aromatic rings. The number of cyclic esters (lactones) is 1. The average Bonchev–Trinajstić information content (AvgIpc) is 2.97. The second kappa shape index (κ2) is 8.01. The van der Waals surface area contributed by atoms with E-state index < -0.39 is 5.60 Å². The van der Waals surface area contributed by atoms with Gasteiger partial charge in [0.05, 0.1) is 0 Å². The standard InChI is InChI=1S/C23H30N4O2/c1-16(17-10-6-4-7-11-17)25-21-24-15-14-19(26-21)27-20(18-12-8-5-9-13-18)23(2,3)29-22(27)28/h5,8-9,12-17,20H,4,6-7,10-11H2,1-3H3,(H,24,25,26)/t16-,20+/m1/s1. The van der Waals surface area contributed by atoms with E-state index >= 15 is 0 Å². The van der Waals surface area contributed by atoms with Gasteiger partial charge < -0.3 is 10.1 Å². The lowest BCUT2D eigenvalue weighted by molar-refractivity contribution is 0.0685. The molecule has 0 unspecified atom stereocenters. The van der Waals surface area contributed by atoms with E-state index in [9.17, 15) is 4.79 Å². The van der Waals surface area contributed by atoms with E-state index in [-0.39, 0.29) is 12.1 Å². The smallest absolute Gasteiger partial charge is 0.416 e. The van der Waals surface area contributed by atoms with Gasteiger partial charge in [0.15, 0.2) is 0 Å². The molecule has 2 aliphatic rings. The number of amides is 1. The Bertz CT molecular complexity index is 849. The Balaban J connectivity index is 1.60. The van der Waals surface area contributed by atoms with Gasteiger partial charge in [0.25, 0.3) is 0 Å². The van der Waals surface area contributed by atoms with Crippen molar-refractivity contribution in [1.29, 1.82) is 0 Å². The van der Waals surface area contributed by atoms with E-state index in [1.807, 2.05) is 44.2 Å². The maximum Gasteiger partial charge on any atom is 0.416 e. The van der Waals surface area contributed by atoms with E-state index in [4.69, 9.17) is 4.74 Å². The first-order valence-corrected chi connectivity index (χ1v) is 10.6. The number of anilines is 2. The predicted molar refractivity (Wildman–Crippen MR) is 114 cm³/mol. The molecule has 1 aromatic carbocycles. The highest BCUT2D eigenvalue weighted by molar-refractivity contribution is 5.90. The summed E-state index contributed by atoms with van der Waals surface area (Å²) >= 11 is 0. The van der Waals surface area contributed by atoms with Gasteiger partial charge in [0.1, 0.15) is 17.5 Å². The fourth-order valence-corrected chi connectivity index (χ4v) is 4.67. The van der Waals surface area contributed by atoms with Gasteiger partial charge in [-0.25, -0.2) is 14.7 Å². The number of carbonyl (C=O) groups is 1. The van der Waals surface area contributed by atoms with Gasteiger partial charge in [-0.15, -0.1) is 0 Å². The maximum absolute atomic E-state index is 12.8. The molecule has 1 saturated carbocycles. The predicted octanol–water partition coefficient (Wildman–Crippen LogP) is 5.33. The van der Waals surface area contributed by atoms with Gasteiger partial charge in [-0.1, -0.05) is 49.6 Å². The molecule has 1 aliphatic carbocycles. The molecule has 4 rings (SSSR count). The van der Waals surface area contributed by atoms with Gasteiger partial charge in [0, 0.05) is 12.2 Å². The number of nitrogens with zero attached hydrogens (tertiary/aromatic N) is 3. The molecular weight excluding hydrogens is 364 g/mol. The minimum absolute atomic E-state index is 0.255. The Labute approximate surface area is 172 Å². The summed E-state index contributed by atoms with van der Waals surface area (Å²) in [5.74, 6) is 1.76. The zero-order valence-corrected chi connectivity index (χ0v) is 17.5. The van der Waals surface area contributed by atoms with Crippen LogP contribution in [0.5, 0.6) is 0 Å². The van der Waals surface area contributed by atoms with E-state index in [1.165, 1.54) is 32.1 Å². The first-order chi connectivity index (χ1) is 14.0. The first-order valence-electron chi connectivity index (χ1n) is 10.6. The summed E-state index contributed by atoms with van der Waals surface area (Å²) in [5, 5.41) is 3.46. The molecule has 154 valence electrons. The van der Waals surface area contributed by atoms with E-state index in [1.54, 1.807) is 17.2 Å². The van der Waals surface area contributed by atoms with Gasteiger partial charge in [-0.2, -0.15) is 4.98 Å². The fraction of sp³-hybridized carbons (Fsp3) is 0.522. The Morgan fingerprint density at radius 1 is 1.14 bits per heavy atom. The summed E-state index contributed by atoms with van der Waals surface area (Å²) < 4.78 is 5.71. The lowest BCUT2D eigenvalue weighted by Crippen LogP contribution is -2.34. The summed E-state index contributed by atoms with van der Waals surface area (Å²) in [6.45, 7) is 6.08. The summed E-state index contributed by atoms with van der Waals surface area (Å²) in [6, 6.07) is 11.8. The van der Waals surface area contributed by atoms with Crippen molar-refractivity contribution in [3.8, 4) is 0 Å². The molecule has 1 aromatic heterocycles. The van der Waals surface area contributed by atoms with Crippen molar-refractivity contribution in [3.63, 3.8) is 0 Å². The van der Waals surface area contributed by atoms with Crippen molar-refractivity contribution in [2.75, 3.05) is 10.2 Å². The van der Waals surface area contributed by atoms with Crippen LogP contribution in [0.25, 0.3) is 0 Å². The third-order valence-electron chi connectivity index (χ3n) is 6.18. The SMILES string of the molecule is C[C@@H](Nc1nccc(N2C(=O)OC(C)(C)[C@@H]2c2ccccc2)n1)C1CCCCC1. The fourth-order valence-electron chi connectivity index (χ4n) is 4.67. The Morgan fingerprint density at radius 3 is 2.59 bits per heavy atom. The van der Waals surface area contributed by atoms with Gasteiger partial charge in [0.2, 0.25) is 5.95 Å². The zero-order valence-electron chi connectivity index (χ0n) is 17.5. The number of benzene rings is 1. The number of hydrogen-bond donors (Lipinski definition) is 1. The van der Waals surface area contributed by atoms with Crippen LogP contribution in [0.2, 0.25) is 0 Å². The maximum atomic E-state index is 12.8. The monoisotopic (exact) mass is 394 g/mol. The van der Waals surface area contributed by atoms with Crippen molar-refractivity contribution in [2.45, 2.75) is 70.6 Å². The normalized spacial score (nSPS) is 22.9. The van der Waals surface area contributed by atoms with E-state index in [2.05, 4.69) is 22.2 Å². The molecule has 0 bridgehead atoms. The van der Waals surface area contributed by atoms with Crippen LogP contribution in [0.15, 0.2) is 42.6 Å². The highest BCUT2D eigenvalue weighted by Crippen LogP contribution is 2.43. The molecule has 6 heteroatoms. The van der Waals surface area contributed by atoms with Crippen LogP contribution < -0.4 is 10.2 Å². The van der Waals surface area contributed by atoms with Gasteiger partial charge in [-0.3, -0.25) is 0 Å². The number of ether oxygens (including phenoxy) is 1. The Kier molecular flexibility index (Phi) is 5.43. The highest BCUT2D eigenvalue weighted by Gasteiger charge is 2.49. The van der Waals surface area contributed by atoms with Crippen LogP contribution in [0.3, 0.4) is 0 Å². The number of aromatic nitrogens is 2. The lowest BCUT2D eigenvalue weighted by atomic mass is 9.85. The highest BCUT2D eigenvalue weighted by atomic mass is 16.6. The van der Waals surface area contributed by atoms with Crippen LogP contribution in [0.4, 0.5) is 16.6 Å². The molecule has 2 atom stereocenters. The van der Waals surface area contributed by atoms with Crippen molar-refractivity contribution in [3.05, 3.63) is 48.2 Å². The molecule has 6 nitrogen and oxygen atoms in total. The third-order valence-corrected chi connectivity index (χ3v) is 6.18. The minimum atomic E-state index is -0.660. The molecule has 2 fully saturated rings. The molecule has 1 amide bonds. The van der Waals surface area contributed by atoms with Crippen molar-refractivity contribution in [2.24, 2.45) is 5.92 Å². The second-order valence-electron chi connectivity index (χ2n) is 8.72. The molecule has 0 radical (unpaired) electrons. The summed E-state index contributed by atoms with van der Waals surface area (Å²) in [4.78, 5) is 23.5. The Hall–Kier alpha value is -2.63. The number of rotatable bonds is 5. The summed E-state index contributed by atoms with van der Waals surface area (Å²) in [6.07, 6.45) is 7.75. The first kappa shape index (κ1) is 19.7. The Morgan fingerprint density at radius 2 is 1.86 bits per heavy atom. The average molecular weight is 395 g/mol. The quantitative estimate of drug-likeness (QED) is 0.742. The van der Waals surface area contributed by atoms with Crippen molar-refractivity contribution < 1.29 is 9.53 Å². The molecule has 0 spiro atoms. The van der Waals surface area contributed by atoms with Crippen LogP contribution >= 0.6 is 0 Å². The lowest BCUT2D eigenvalue weighted by Gasteiger charge is -2.30. The number of nitrogens with one attached hydrogen (secondary N) is 1. The molecule has 1 aliphatic heterocycles. The van der Waals surface area contributed by atoms with E-state index in [0.29, 0.717) is 23.7 Å². The van der Waals surface area contributed by atoms with Crippen molar-refractivity contribution in [1.82, 2.24) is 9.97 Å². The van der Waals surface area contributed by atoms with Crippen LogP contribution in [-0.4, -0.2) is 27.7 Å². The third kappa shape index (κ3) is 4.07. The largest absolute Gasteiger partial charge is 0.440 e. The molecule has 1 N–H and O–H groups in total. The number of carbonyl (C=O) groups excluding carboxylic acids is 1. The minimum Gasteiger partial charge on any atom is -0.440 e. The molecule has 29 heavy (non-hydrogen) atoms. The summed E-state index contributed by atoms with van der Waals surface area (Å²) in [7, 11) is 0. The molecule has 1 saturated heterocycles. The molecular formula is C23H30N4O2. The zero-order chi connectivity index (χ0) is 20.4. The van der Waals surface area contributed by atoms with E-state index in [0.717, 1.165) is 5.56 Å². The topological polar surface area (TPSA) is 67.4 Å². The van der Waals surface area contributed by atoms with Crippen molar-refractivity contribution >= 4 is 17.9 Å².